The van der Waals surface area contributed by atoms with Gasteiger partial charge in [-0.1, -0.05) is 54.6 Å². The lowest BCUT2D eigenvalue weighted by molar-refractivity contribution is 1.18. The number of aromatic nitrogens is 3. The van der Waals surface area contributed by atoms with E-state index in [9.17, 15) is 0 Å². The fourth-order valence-electron chi connectivity index (χ4n) is 4.03. The third kappa shape index (κ3) is 2.43. The zero-order valence-corrected chi connectivity index (χ0v) is 15.5. The monoisotopic (exact) mass is 372 g/mol. The molecule has 3 heterocycles. The van der Waals surface area contributed by atoms with Gasteiger partial charge in [0, 0.05) is 17.3 Å². The Kier molecular flexibility index (Phi) is 3.43. The van der Waals surface area contributed by atoms with Gasteiger partial charge >= 0.3 is 0 Å². The quantitative estimate of drug-likeness (QED) is 0.366. The third-order valence-corrected chi connectivity index (χ3v) is 5.28. The molecule has 0 unspecified atom stereocenters. The zero-order valence-electron chi connectivity index (χ0n) is 15.5. The maximum Gasteiger partial charge on any atom is 0.160 e. The van der Waals surface area contributed by atoms with Crippen LogP contribution in [-0.2, 0) is 0 Å². The molecule has 3 aromatic carbocycles. The molecule has 29 heavy (non-hydrogen) atoms. The van der Waals surface area contributed by atoms with Crippen molar-refractivity contribution in [1.82, 2.24) is 15.0 Å². The molecule has 2 aromatic heterocycles. The van der Waals surface area contributed by atoms with Crippen LogP contribution in [0.4, 0.5) is 17.1 Å². The van der Waals surface area contributed by atoms with Gasteiger partial charge in [-0.05, 0) is 30.3 Å². The highest BCUT2D eigenvalue weighted by molar-refractivity contribution is 6.11. The molecule has 4 heteroatoms. The molecule has 0 bridgehead atoms. The van der Waals surface area contributed by atoms with Gasteiger partial charge in [-0.15, -0.1) is 0 Å². The predicted molar refractivity (Wildman–Crippen MR) is 116 cm³/mol. The lowest BCUT2D eigenvalue weighted by atomic mass is 9.96. The first-order chi connectivity index (χ1) is 14.4. The van der Waals surface area contributed by atoms with E-state index in [1.807, 2.05) is 30.5 Å². The van der Waals surface area contributed by atoms with Crippen molar-refractivity contribution in [3.8, 4) is 22.6 Å². The number of pyridine rings is 1. The molecular weight excluding hydrogens is 356 g/mol. The van der Waals surface area contributed by atoms with Crippen LogP contribution in [-0.4, -0.2) is 15.0 Å². The molecule has 0 fully saturated rings. The molecule has 0 N–H and O–H groups in total. The summed E-state index contributed by atoms with van der Waals surface area (Å²) in [6.07, 6.45) is 3.68. The molecule has 0 atom stereocenters. The van der Waals surface area contributed by atoms with E-state index < -0.39 is 0 Å². The summed E-state index contributed by atoms with van der Waals surface area (Å²) in [4.78, 5) is 16.5. The predicted octanol–water partition coefficient (Wildman–Crippen LogP) is 6.14. The Morgan fingerprint density at radius 2 is 1.48 bits per heavy atom. The molecule has 0 spiro atoms. The summed E-state index contributed by atoms with van der Waals surface area (Å²) in [6, 6.07) is 28.8. The second kappa shape index (κ2) is 6.24. The number of hydrogen-bond donors (Lipinski definition) is 0. The van der Waals surface area contributed by atoms with E-state index in [1.54, 1.807) is 6.20 Å². The number of rotatable bonds is 2. The molecule has 5 aromatic rings. The highest BCUT2D eigenvalue weighted by atomic mass is 15.2. The van der Waals surface area contributed by atoms with Crippen molar-refractivity contribution in [2.75, 3.05) is 4.90 Å². The summed E-state index contributed by atoms with van der Waals surface area (Å²) >= 11 is 0. The Morgan fingerprint density at radius 1 is 0.655 bits per heavy atom. The van der Waals surface area contributed by atoms with Crippen LogP contribution in [0.1, 0.15) is 0 Å². The number of hydrogen-bond acceptors (Lipinski definition) is 4. The number of nitrogens with zero attached hydrogens (tertiary/aromatic N) is 4. The average molecular weight is 372 g/mol. The molecule has 0 radical (unpaired) electrons. The number of anilines is 3. The summed E-state index contributed by atoms with van der Waals surface area (Å²) in [5.74, 6) is 0.745. The van der Waals surface area contributed by atoms with Crippen LogP contribution >= 0.6 is 0 Å². The maximum atomic E-state index is 5.02. The number of fused-ring (bicyclic) bond motifs is 2. The molecule has 0 saturated heterocycles. The minimum atomic E-state index is 0.745. The molecule has 6 rings (SSSR count). The zero-order chi connectivity index (χ0) is 19.2. The van der Waals surface area contributed by atoms with Crippen molar-refractivity contribution in [1.29, 1.82) is 0 Å². The molecule has 0 aliphatic carbocycles. The van der Waals surface area contributed by atoms with Gasteiger partial charge in [0.1, 0.15) is 0 Å². The van der Waals surface area contributed by atoms with Crippen molar-refractivity contribution in [3.05, 3.63) is 97.3 Å². The van der Waals surface area contributed by atoms with Crippen LogP contribution in [0, 0.1) is 0 Å². The van der Waals surface area contributed by atoms with E-state index in [0.29, 0.717) is 0 Å². The lowest BCUT2D eigenvalue weighted by Crippen LogP contribution is -2.16. The van der Waals surface area contributed by atoms with Crippen molar-refractivity contribution >= 4 is 28.0 Å². The van der Waals surface area contributed by atoms with Gasteiger partial charge in [0.2, 0.25) is 0 Å². The molecular formula is C25H16N4. The van der Waals surface area contributed by atoms with Gasteiger partial charge in [-0.2, -0.15) is 0 Å². The Balaban J connectivity index is 1.71. The van der Waals surface area contributed by atoms with Gasteiger partial charge < -0.3 is 4.90 Å². The first kappa shape index (κ1) is 16.0. The fraction of sp³-hybridized carbons (Fsp3) is 0. The smallest absolute Gasteiger partial charge is 0.160 e. The van der Waals surface area contributed by atoms with E-state index in [0.717, 1.165) is 50.6 Å². The second-order valence-electron chi connectivity index (χ2n) is 7.00. The van der Waals surface area contributed by atoms with Gasteiger partial charge in [0.05, 0.1) is 39.9 Å². The Labute approximate surface area is 168 Å². The van der Waals surface area contributed by atoms with E-state index in [4.69, 9.17) is 9.97 Å². The van der Waals surface area contributed by atoms with Crippen LogP contribution in [0.2, 0.25) is 0 Å². The normalized spacial score (nSPS) is 12.1. The topological polar surface area (TPSA) is 41.9 Å². The first-order valence-electron chi connectivity index (χ1n) is 9.56. The Hall–Kier alpha value is -4.05. The highest BCUT2D eigenvalue weighted by Crippen LogP contribution is 2.49. The average Bonchev–Trinajstić information content (AvgIpc) is 2.80. The highest BCUT2D eigenvalue weighted by Gasteiger charge is 2.27. The molecule has 1 aliphatic rings. The van der Waals surface area contributed by atoms with Gasteiger partial charge in [0.25, 0.3) is 0 Å². The van der Waals surface area contributed by atoms with Crippen LogP contribution in [0.25, 0.3) is 33.5 Å². The van der Waals surface area contributed by atoms with Gasteiger partial charge in [0.15, 0.2) is 5.82 Å². The third-order valence-electron chi connectivity index (χ3n) is 5.28. The summed E-state index contributed by atoms with van der Waals surface area (Å²) in [5.41, 5.74) is 7.21. The summed E-state index contributed by atoms with van der Waals surface area (Å²) in [6.45, 7) is 0. The second-order valence-corrected chi connectivity index (χ2v) is 7.00. The van der Waals surface area contributed by atoms with Crippen molar-refractivity contribution in [2.45, 2.75) is 0 Å². The van der Waals surface area contributed by atoms with E-state index in [2.05, 4.69) is 70.5 Å². The van der Waals surface area contributed by atoms with E-state index in [-0.39, 0.29) is 0 Å². The van der Waals surface area contributed by atoms with Gasteiger partial charge in [-0.3, -0.25) is 4.98 Å². The Morgan fingerprint density at radius 3 is 2.34 bits per heavy atom. The van der Waals surface area contributed by atoms with Gasteiger partial charge in [-0.25, -0.2) is 9.97 Å². The first-order valence-corrected chi connectivity index (χ1v) is 9.56. The Bertz CT molecular complexity index is 1350. The van der Waals surface area contributed by atoms with Crippen LogP contribution in [0.5, 0.6) is 0 Å². The summed E-state index contributed by atoms with van der Waals surface area (Å²) in [7, 11) is 0. The minimum absolute atomic E-state index is 0.745. The summed E-state index contributed by atoms with van der Waals surface area (Å²) < 4.78 is 0. The molecule has 136 valence electrons. The maximum absolute atomic E-state index is 5.02. The van der Waals surface area contributed by atoms with Crippen molar-refractivity contribution < 1.29 is 0 Å². The number of benzene rings is 3. The van der Waals surface area contributed by atoms with Crippen molar-refractivity contribution in [3.63, 3.8) is 0 Å². The minimum Gasteiger partial charge on any atom is -0.307 e. The molecule has 0 saturated carbocycles. The largest absolute Gasteiger partial charge is 0.307 e. The van der Waals surface area contributed by atoms with Crippen LogP contribution < -0.4 is 4.90 Å². The van der Waals surface area contributed by atoms with Crippen LogP contribution in [0.15, 0.2) is 97.3 Å². The SMILES string of the molecule is c1ccc(-c2nc3c4c(cccc4n2)N(c2cccnc2)c2ccccc2-3)cc1. The molecule has 1 aliphatic heterocycles. The van der Waals surface area contributed by atoms with E-state index >= 15 is 0 Å². The molecule has 0 amide bonds. The number of para-hydroxylation sites is 1. The standard InChI is InChI=1S/C25H16N4/c1-2-8-17(9-3-1)25-27-20-12-6-14-22-23(20)24(28-25)19-11-4-5-13-21(19)29(22)18-10-7-15-26-16-18/h1-16H. The van der Waals surface area contributed by atoms with E-state index in [1.165, 1.54) is 0 Å². The lowest BCUT2D eigenvalue weighted by Gasteiger charge is -2.32. The van der Waals surface area contributed by atoms with Crippen LogP contribution in [0.3, 0.4) is 0 Å². The van der Waals surface area contributed by atoms with Crippen molar-refractivity contribution in [2.24, 2.45) is 0 Å². The molecule has 4 nitrogen and oxygen atoms in total. The fourth-order valence-corrected chi connectivity index (χ4v) is 4.03. The summed E-state index contributed by atoms with van der Waals surface area (Å²) in [5, 5.41) is 1.06.